The number of nitrogens with two attached hydrogens (primary N) is 1. The van der Waals surface area contributed by atoms with Gasteiger partial charge in [0, 0.05) is 11.1 Å². The van der Waals surface area contributed by atoms with Crippen LogP contribution in [0.5, 0.6) is 0 Å². The number of anilines is 2. The van der Waals surface area contributed by atoms with Crippen LogP contribution in [-0.4, -0.2) is 23.4 Å². The number of carbonyl (C=O) groups is 2. The quantitative estimate of drug-likeness (QED) is 0.362. The number of hydrogen-bond donors (Lipinski definition) is 2. The normalized spacial score (nSPS) is 10.2. The molecule has 3 N–H and O–H groups in total. The molecule has 25 heavy (non-hydrogen) atoms. The molecule has 2 rings (SSSR count). The van der Waals surface area contributed by atoms with E-state index in [2.05, 4.69) is 5.32 Å². The molecule has 8 nitrogen and oxygen atoms in total. The molecule has 10 heteroatoms. The molecule has 0 bridgehead atoms. The summed E-state index contributed by atoms with van der Waals surface area (Å²) in [6.45, 7) is -0.709. The smallest absolute Gasteiger partial charge is 0.338 e. The van der Waals surface area contributed by atoms with Gasteiger partial charge in [0.1, 0.15) is 11.5 Å². The molecule has 0 heterocycles. The van der Waals surface area contributed by atoms with Crippen LogP contribution < -0.4 is 11.1 Å². The minimum Gasteiger partial charge on any atom is -0.452 e. The van der Waals surface area contributed by atoms with E-state index in [-0.39, 0.29) is 22.0 Å². The van der Waals surface area contributed by atoms with Gasteiger partial charge in [0.15, 0.2) is 6.61 Å². The number of nitro groups is 1. The standard InChI is InChI=1S/C15H11ClFN3O5/c16-9-2-4-12(10(17)6-9)19-14(21)7-25-15(22)8-1-3-11(18)13(5-8)20(23)24/h1-6H,7,18H2,(H,19,21). The summed E-state index contributed by atoms with van der Waals surface area (Å²) in [4.78, 5) is 33.6. The van der Waals surface area contributed by atoms with Gasteiger partial charge in [0.25, 0.3) is 11.6 Å². The molecule has 130 valence electrons. The number of nitrogens with one attached hydrogen (secondary N) is 1. The van der Waals surface area contributed by atoms with Crippen LogP contribution in [0.15, 0.2) is 36.4 Å². The predicted molar refractivity (Wildman–Crippen MR) is 87.8 cm³/mol. The van der Waals surface area contributed by atoms with E-state index in [0.717, 1.165) is 12.1 Å². The molecule has 0 aromatic heterocycles. The number of hydrogen-bond acceptors (Lipinski definition) is 6. The van der Waals surface area contributed by atoms with Crippen LogP contribution in [0.4, 0.5) is 21.5 Å². The van der Waals surface area contributed by atoms with Gasteiger partial charge in [-0.3, -0.25) is 14.9 Å². The van der Waals surface area contributed by atoms with Crippen molar-refractivity contribution in [2.45, 2.75) is 0 Å². The van der Waals surface area contributed by atoms with E-state index < -0.39 is 34.9 Å². The number of nitro benzene ring substituents is 1. The molecule has 0 saturated heterocycles. The van der Waals surface area contributed by atoms with Crippen molar-refractivity contribution in [1.82, 2.24) is 0 Å². The Morgan fingerprint density at radius 2 is 2.00 bits per heavy atom. The van der Waals surface area contributed by atoms with Crippen LogP contribution in [0.2, 0.25) is 5.02 Å². The Hall–Kier alpha value is -3.20. The number of rotatable bonds is 5. The van der Waals surface area contributed by atoms with Crippen molar-refractivity contribution in [2.75, 3.05) is 17.7 Å². The second-order valence-electron chi connectivity index (χ2n) is 4.78. The summed E-state index contributed by atoms with van der Waals surface area (Å²) in [5, 5.41) is 13.2. The van der Waals surface area contributed by atoms with Crippen molar-refractivity contribution in [3.8, 4) is 0 Å². The molecule has 0 aliphatic carbocycles. The second-order valence-corrected chi connectivity index (χ2v) is 5.22. The molecule has 2 aromatic carbocycles. The Morgan fingerprint density at radius 1 is 1.28 bits per heavy atom. The van der Waals surface area contributed by atoms with Crippen LogP contribution in [0.25, 0.3) is 0 Å². The van der Waals surface area contributed by atoms with Crippen LogP contribution in [0, 0.1) is 15.9 Å². The molecule has 0 spiro atoms. The van der Waals surface area contributed by atoms with Crippen LogP contribution >= 0.6 is 11.6 Å². The summed E-state index contributed by atoms with van der Waals surface area (Å²) in [5.41, 5.74) is 4.57. The highest BCUT2D eigenvalue weighted by atomic mass is 35.5. The topological polar surface area (TPSA) is 125 Å². The first kappa shape index (κ1) is 18.1. The maximum Gasteiger partial charge on any atom is 0.338 e. The molecule has 1 amide bonds. The SMILES string of the molecule is Nc1ccc(C(=O)OCC(=O)Nc2ccc(Cl)cc2F)cc1[N+](=O)[O-]. The molecule has 0 aliphatic rings. The fraction of sp³-hybridized carbons (Fsp3) is 0.0667. The van der Waals surface area contributed by atoms with Crippen molar-refractivity contribution in [3.05, 3.63) is 62.9 Å². The van der Waals surface area contributed by atoms with E-state index in [1.54, 1.807) is 0 Å². The van der Waals surface area contributed by atoms with E-state index in [1.165, 1.54) is 24.3 Å². The Morgan fingerprint density at radius 3 is 2.64 bits per heavy atom. The first-order chi connectivity index (χ1) is 11.8. The van der Waals surface area contributed by atoms with Crippen LogP contribution in [0.1, 0.15) is 10.4 Å². The molecule has 0 aliphatic heterocycles. The van der Waals surface area contributed by atoms with Gasteiger partial charge in [0.05, 0.1) is 16.2 Å². The van der Waals surface area contributed by atoms with Crippen molar-refractivity contribution >= 4 is 40.5 Å². The summed E-state index contributed by atoms with van der Waals surface area (Å²) in [5.74, 6) is -2.50. The molecule has 2 aromatic rings. The lowest BCUT2D eigenvalue weighted by atomic mass is 10.2. The number of esters is 1. The molecule has 0 atom stereocenters. The first-order valence-electron chi connectivity index (χ1n) is 6.74. The van der Waals surface area contributed by atoms with Gasteiger partial charge in [0.2, 0.25) is 0 Å². The molecular formula is C15H11ClFN3O5. The average molecular weight is 368 g/mol. The van der Waals surface area contributed by atoms with Gasteiger partial charge in [-0.05, 0) is 30.3 Å². The second kappa shape index (κ2) is 7.58. The third-order valence-electron chi connectivity index (χ3n) is 3.00. The molecule has 0 saturated carbocycles. The summed E-state index contributed by atoms with van der Waals surface area (Å²) >= 11 is 5.59. The first-order valence-corrected chi connectivity index (χ1v) is 7.11. The number of nitrogens with zero attached hydrogens (tertiary/aromatic N) is 1. The van der Waals surface area contributed by atoms with Gasteiger partial charge in [-0.2, -0.15) is 0 Å². The van der Waals surface area contributed by atoms with Crippen LogP contribution in [0.3, 0.4) is 0 Å². The predicted octanol–water partition coefficient (Wildman–Crippen LogP) is 2.77. The number of ether oxygens (including phenoxy) is 1. The molecule has 0 radical (unpaired) electrons. The summed E-state index contributed by atoms with van der Waals surface area (Å²) < 4.78 is 18.3. The molecular weight excluding hydrogens is 357 g/mol. The highest BCUT2D eigenvalue weighted by Crippen LogP contribution is 2.23. The number of amides is 1. The number of benzene rings is 2. The highest BCUT2D eigenvalue weighted by Gasteiger charge is 2.17. The van der Waals surface area contributed by atoms with Gasteiger partial charge < -0.3 is 15.8 Å². The third kappa shape index (κ3) is 4.64. The molecule has 0 unspecified atom stereocenters. The van der Waals surface area contributed by atoms with E-state index in [1.807, 2.05) is 0 Å². The van der Waals surface area contributed by atoms with Crippen molar-refractivity contribution < 1.29 is 23.6 Å². The maximum atomic E-state index is 13.5. The van der Waals surface area contributed by atoms with E-state index in [0.29, 0.717) is 0 Å². The zero-order valence-corrected chi connectivity index (χ0v) is 13.2. The molecule has 0 fully saturated rings. The third-order valence-corrected chi connectivity index (χ3v) is 3.24. The van der Waals surface area contributed by atoms with Crippen molar-refractivity contribution in [2.24, 2.45) is 0 Å². The Bertz CT molecular complexity index is 859. The largest absolute Gasteiger partial charge is 0.452 e. The monoisotopic (exact) mass is 367 g/mol. The minimum absolute atomic E-state index is 0.113. The summed E-state index contributed by atoms with van der Waals surface area (Å²) in [6.07, 6.45) is 0. The number of halogens is 2. The van der Waals surface area contributed by atoms with Gasteiger partial charge in [-0.25, -0.2) is 9.18 Å². The van der Waals surface area contributed by atoms with Crippen LogP contribution in [-0.2, 0) is 9.53 Å². The highest BCUT2D eigenvalue weighted by molar-refractivity contribution is 6.30. The average Bonchev–Trinajstić information content (AvgIpc) is 2.55. The maximum absolute atomic E-state index is 13.5. The van der Waals surface area contributed by atoms with Gasteiger partial charge >= 0.3 is 5.97 Å². The fourth-order valence-corrected chi connectivity index (χ4v) is 1.98. The lowest BCUT2D eigenvalue weighted by Gasteiger charge is -2.08. The van der Waals surface area contributed by atoms with Crippen molar-refractivity contribution in [3.63, 3.8) is 0 Å². The summed E-state index contributed by atoms with van der Waals surface area (Å²) in [7, 11) is 0. The van der Waals surface area contributed by atoms with E-state index in [4.69, 9.17) is 22.1 Å². The van der Waals surface area contributed by atoms with E-state index >= 15 is 0 Å². The lowest BCUT2D eigenvalue weighted by molar-refractivity contribution is -0.383. The Balaban J connectivity index is 1.98. The van der Waals surface area contributed by atoms with Gasteiger partial charge in [-0.15, -0.1) is 0 Å². The zero-order chi connectivity index (χ0) is 18.6. The summed E-state index contributed by atoms with van der Waals surface area (Å²) in [6, 6.07) is 6.98. The Kier molecular flexibility index (Phi) is 5.50. The number of nitrogen functional groups attached to an aromatic ring is 1. The fourth-order valence-electron chi connectivity index (χ4n) is 1.82. The van der Waals surface area contributed by atoms with Gasteiger partial charge in [-0.1, -0.05) is 11.6 Å². The van der Waals surface area contributed by atoms with E-state index in [9.17, 15) is 24.1 Å². The zero-order valence-electron chi connectivity index (χ0n) is 12.5. The lowest BCUT2D eigenvalue weighted by Crippen LogP contribution is -2.21. The Labute approximate surface area is 145 Å². The number of carbonyl (C=O) groups excluding carboxylic acids is 2. The van der Waals surface area contributed by atoms with Crippen molar-refractivity contribution in [1.29, 1.82) is 0 Å². The minimum atomic E-state index is -0.963.